The number of anilines is 1. The van der Waals surface area contributed by atoms with Gasteiger partial charge in [0.2, 0.25) is 11.8 Å². The molecule has 7 heteroatoms. The first kappa shape index (κ1) is 14.1. The van der Waals surface area contributed by atoms with Gasteiger partial charge in [-0.25, -0.2) is 4.79 Å². The number of nitrogens with one attached hydrogen (secondary N) is 2. The highest BCUT2D eigenvalue weighted by Gasteiger charge is 2.31. The SMILES string of the molecule is O=C1CC(C(=O)Nc2sc3c(c2C(=O)O)CCCC3)CN1. The number of hydrogen-bond acceptors (Lipinski definition) is 4. The van der Waals surface area contributed by atoms with Crippen molar-refractivity contribution in [1.82, 2.24) is 5.32 Å². The van der Waals surface area contributed by atoms with Gasteiger partial charge in [-0.3, -0.25) is 9.59 Å². The maximum absolute atomic E-state index is 12.2. The summed E-state index contributed by atoms with van der Waals surface area (Å²) in [7, 11) is 0. The molecule has 1 saturated heterocycles. The molecule has 2 amide bonds. The topological polar surface area (TPSA) is 95.5 Å². The first-order valence-electron chi connectivity index (χ1n) is 7.01. The monoisotopic (exact) mass is 308 g/mol. The average Bonchev–Trinajstić information content (AvgIpc) is 3.01. The zero-order valence-corrected chi connectivity index (χ0v) is 12.2. The molecule has 3 rings (SSSR count). The summed E-state index contributed by atoms with van der Waals surface area (Å²) in [5.74, 6) is -1.84. The fourth-order valence-corrected chi connectivity index (χ4v) is 4.17. The molecule has 1 aliphatic heterocycles. The largest absolute Gasteiger partial charge is 0.478 e. The fourth-order valence-electron chi connectivity index (χ4n) is 2.88. The average molecular weight is 308 g/mol. The number of thiophene rings is 1. The fraction of sp³-hybridized carbons (Fsp3) is 0.500. The van der Waals surface area contributed by atoms with E-state index in [1.165, 1.54) is 11.3 Å². The number of carbonyl (C=O) groups is 3. The van der Waals surface area contributed by atoms with Crippen molar-refractivity contribution < 1.29 is 19.5 Å². The van der Waals surface area contributed by atoms with Crippen LogP contribution in [-0.2, 0) is 22.4 Å². The van der Waals surface area contributed by atoms with E-state index in [4.69, 9.17) is 0 Å². The Bertz CT molecular complexity index is 623. The van der Waals surface area contributed by atoms with E-state index >= 15 is 0 Å². The lowest BCUT2D eigenvalue weighted by molar-refractivity contribution is -0.123. The molecule has 0 spiro atoms. The van der Waals surface area contributed by atoms with Crippen LogP contribution >= 0.6 is 11.3 Å². The molecule has 1 aromatic rings. The normalized spacial score (nSPS) is 20.8. The maximum Gasteiger partial charge on any atom is 0.339 e. The van der Waals surface area contributed by atoms with Crippen LogP contribution in [0.2, 0.25) is 0 Å². The summed E-state index contributed by atoms with van der Waals surface area (Å²) < 4.78 is 0. The van der Waals surface area contributed by atoms with E-state index in [-0.39, 0.29) is 23.8 Å². The summed E-state index contributed by atoms with van der Waals surface area (Å²) >= 11 is 1.36. The zero-order chi connectivity index (χ0) is 15.0. The Morgan fingerprint density at radius 3 is 2.71 bits per heavy atom. The Kier molecular flexibility index (Phi) is 3.67. The molecular formula is C14H16N2O4S. The van der Waals surface area contributed by atoms with Gasteiger partial charge in [-0.1, -0.05) is 0 Å². The van der Waals surface area contributed by atoms with E-state index in [2.05, 4.69) is 10.6 Å². The Morgan fingerprint density at radius 1 is 1.29 bits per heavy atom. The number of aryl methyl sites for hydroxylation is 1. The Hall–Kier alpha value is -1.89. The minimum absolute atomic E-state index is 0.140. The number of carboxylic acid groups (broad SMARTS) is 1. The predicted molar refractivity (Wildman–Crippen MR) is 77.7 cm³/mol. The smallest absolute Gasteiger partial charge is 0.339 e. The lowest BCUT2D eigenvalue weighted by atomic mass is 9.95. The van der Waals surface area contributed by atoms with Gasteiger partial charge in [0.15, 0.2) is 0 Å². The number of amides is 2. The van der Waals surface area contributed by atoms with Crippen molar-refractivity contribution in [1.29, 1.82) is 0 Å². The van der Waals surface area contributed by atoms with Crippen LogP contribution in [0.25, 0.3) is 0 Å². The van der Waals surface area contributed by atoms with E-state index in [1.807, 2.05) is 0 Å². The molecule has 2 aliphatic rings. The summed E-state index contributed by atoms with van der Waals surface area (Å²) in [5, 5.41) is 15.2. The van der Waals surface area contributed by atoms with Crippen LogP contribution in [0.4, 0.5) is 5.00 Å². The third-order valence-electron chi connectivity index (χ3n) is 3.97. The second-order valence-electron chi connectivity index (χ2n) is 5.41. The molecular weight excluding hydrogens is 292 g/mol. The zero-order valence-electron chi connectivity index (χ0n) is 11.4. The standard InChI is InChI=1S/C14H16N2O4S/c17-10-5-7(6-15-10)12(18)16-13-11(14(19)20)8-3-1-2-4-9(8)21-13/h7H,1-6H2,(H,15,17)(H,16,18)(H,19,20). The number of hydrogen-bond donors (Lipinski definition) is 3. The number of aromatic carboxylic acids is 1. The van der Waals surface area contributed by atoms with Gasteiger partial charge >= 0.3 is 5.97 Å². The van der Waals surface area contributed by atoms with E-state index in [0.717, 1.165) is 36.1 Å². The highest BCUT2D eigenvalue weighted by Crippen LogP contribution is 2.38. The first-order valence-corrected chi connectivity index (χ1v) is 7.83. The molecule has 0 saturated carbocycles. The summed E-state index contributed by atoms with van der Waals surface area (Å²) in [4.78, 5) is 35.9. The van der Waals surface area contributed by atoms with Gasteiger partial charge in [-0.15, -0.1) is 11.3 Å². The van der Waals surface area contributed by atoms with Crippen LogP contribution in [-0.4, -0.2) is 29.4 Å². The summed E-state index contributed by atoms with van der Waals surface area (Å²) in [5.41, 5.74) is 1.11. The van der Waals surface area contributed by atoms with Gasteiger partial charge < -0.3 is 15.7 Å². The Labute approximate surface area is 125 Å². The van der Waals surface area contributed by atoms with Crippen LogP contribution in [0, 0.1) is 5.92 Å². The molecule has 1 atom stereocenters. The highest BCUT2D eigenvalue weighted by atomic mass is 32.1. The molecule has 0 bridgehead atoms. The van der Waals surface area contributed by atoms with Crippen LogP contribution in [0.5, 0.6) is 0 Å². The van der Waals surface area contributed by atoms with Crippen LogP contribution in [0.1, 0.15) is 40.1 Å². The molecule has 2 heterocycles. The van der Waals surface area contributed by atoms with Gasteiger partial charge in [0.1, 0.15) is 5.00 Å². The molecule has 1 fully saturated rings. The molecule has 6 nitrogen and oxygen atoms in total. The van der Waals surface area contributed by atoms with Crippen LogP contribution < -0.4 is 10.6 Å². The number of rotatable bonds is 3. The van der Waals surface area contributed by atoms with Crippen molar-refractivity contribution in [3.05, 3.63) is 16.0 Å². The van der Waals surface area contributed by atoms with Crippen molar-refractivity contribution in [2.45, 2.75) is 32.1 Å². The molecule has 0 radical (unpaired) electrons. The molecule has 1 aliphatic carbocycles. The molecule has 1 aromatic heterocycles. The molecule has 1 unspecified atom stereocenters. The molecule has 0 aromatic carbocycles. The summed E-state index contributed by atoms with van der Waals surface area (Å²) in [6.45, 7) is 0.318. The van der Waals surface area contributed by atoms with Crippen LogP contribution in [0.3, 0.4) is 0 Å². The third kappa shape index (κ3) is 2.65. The maximum atomic E-state index is 12.2. The number of fused-ring (bicyclic) bond motifs is 1. The van der Waals surface area contributed by atoms with Crippen molar-refractivity contribution >= 4 is 34.1 Å². The van der Waals surface area contributed by atoms with Gasteiger partial charge in [-0.2, -0.15) is 0 Å². The molecule has 112 valence electrons. The second kappa shape index (κ2) is 5.48. The minimum atomic E-state index is -0.995. The second-order valence-corrected chi connectivity index (χ2v) is 6.52. The van der Waals surface area contributed by atoms with E-state index in [0.29, 0.717) is 11.5 Å². The Balaban J connectivity index is 1.84. The lowest BCUT2D eigenvalue weighted by Gasteiger charge is -2.11. The van der Waals surface area contributed by atoms with Crippen molar-refractivity contribution in [2.75, 3.05) is 11.9 Å². The predicted octanol–water partition coefficient (Wildman–Crippen LogP) is 1.40. The van der Waals surface area contributed by atoms with Gasteiger partial charge in [-0.05, 0) is 31.2 Å². The minimum Gasteiger partial charge on any atom is -0.478 e. The van der Waals surface area contributed by atoms with E-state index in [9.17, 15) is 19.5 Å². The van der Waals surface area contributed by atoms with Crippen molar-refractivity contribution in [3.63, 3.8) is 0 Å². The summed E-state index contributed by atoms with van der Waals surface area (Å²) in [6, 6.07) is 0. The van der Waals surface area contributed by atoms with Gasteiger partial charge in [0, 0.05) is 17.8 Å². The van der Waals surface area contributed by atoms with Crippen molar-refractivity contribution in [3.8, 4) is 0 Å². The molecule has 3 N–H and O–H groups in total. The first-order chi connectivity index (χ1) is 10.1. The number of carboxylic acids is 1. The Morgan fingerprint density at radius 2 is 2.05 bits per heavy atom. The van der Waals surface area contributed by atoms with Gasteiger partial charge in [0.05, 0.1) is 11.5 Å². The lowest BCUT2D eigenvalue weighted by Crippen LogP contribution is -2.25. The third-order valence-corrected chi connectivity index (χ3v) is 5.18. The quantitative estimate of drug-likeness (QED) is 0.786. The van der Waals surface area contributed by atoms with Crippen molar-refractivity contribution in [2.24, 2.45) is 5.92 Å². The van der Waals surface area contributed by atoms with Crippen LogP contribution in [0.15, 0.2) is 0 Å². The van der Waals surface area contributed by atoms with E-state index in [1.54, 1.807) is 0 Å². The highest BCUT2D eigenvalue weighted by molar-refractivity contribution is 7.17. The van der Waals surface area contributed by atoms with E-state index < -0.39 is 11.9 Å². The van der Waals surface area contributed by atoms with Gasteiger partial charge in [0.25, 0.3) is 0 Å². The number of carbonyl (C=O) groups excluding carboxylic acids is 2. The summed E-state index contributed by atoms with van der Waals surface area (Å²) in [6.07, 6.45) is 3.84. The molecule has 21 heavy (non-hydrogen) atoms.